The summed E-state index contributed by atoms with van der Waals surface area (Å²) >= 11 is 5.90. The van der Waals surface area contributed by atoms with Crippen molar-refractivity contribution in [2.45, 2.75) is 43.5 Å². The summed E-state index contributed by atoms with van der Waals surface area (Å²) in [5, 5.41) is 12.4. The van der Waals surface area contributed by atoms with Crippen LogP contribution >= 0.6 is 11.6 Å². The predicted octanol–water partition coefficient (Wildman–Crippen LogP) is 5.54. The highest BCUT2D eigenvalue weighted by Crippen LogP contribution is 2.34. The normalized spacial score (nSPS) is 11.3. The van der Waals surface area contributed by atoms with Crippen LogP contribution in [0.25, 0.3) is 5.57 Å². The molecule has 2 rings (SSSR count). The molecule has 0 amide bonds. The molecular weight excluding hydrogens is 429 g/mol. The van der Waals surface area contributed by atoms with Crippen LogP contribution in [0.1, 0.15) is 43.2 Å². The molecule has 0 saturated carbocycles. The lowest BCUT2D eigenvalue weighted by Gasteiger charge is -2.18. The molecule has 30 heavy (non-hydrogen) atoms. The van der Waals surface area contributed by atoms with Crippen molar-refractivity contribution in [3.05, 3.63) is 64.9 Å². The molecule has 162 valence electrons. The van der Waals surface area contributed by atoms with E-state index < -0.39 is 21.6 Å². The van der Waals surface area contributed by atoms with Crippen LogP contribution in [0.5, 0.6) is 0 Å². The van der Waals surface area contributed by atoms with Crippen LogP contribution in [0.15, 0.2) is 47.9 Å². The number of carboxylic acids is 1. The number of carbonyl (C=O) groups is 1. The number of nitrogens with one attached hydrogen (secondary N) is 1. The van der Waals surface area contributed by atoms with E-state index in [1.807, 2.05) is 12.1 Å². The number of sulfone groups is 1. The molecule has 0 saturated heterocycles. The van der Waals surface area contributed by atoms with Gasteiger partial charge in [0, 0.05) is 29.8 Å². The molecule has 0 atom stereocenters. The van der Waals surface area contributed by atoms with Gasteiger partial charge in [0.15, 0.2) is 9.84 Å². The smallest absolute Gasteiger partial charge is 0.303 e. The lowest BCUT2D eigenvalue weighted by atomic mass is 9.98. The van der Waals surface area contributed by atoms with E-state index in [0.717, 1.165) is 17.9 Å². The molecule has 0 aliphatic heterocycles. The Kier molecular flexibility index (Phi) is 8.43. The van der Waals surface area contributed by atoms with Gasteiger partial charge < -0.3 is 10.4 Å². The Hall–Kier alpha value is -2.38. The van der Waals surface area contributed by atoms with Gasteiger partial charge in [0.2, 0.25) is 0 Å². The van der Waals surface area contributed by atoms with Crippen molar-refractivity contribution in [2.75, 3.05) is 11.6 Å². The Labute approximate surface area is 181 Å². The zero-order valence-corrected chi connectivity index (χ0v) is 18.3. The molecule has 5 nitrogen and oxygen atoms in total. The third kappa shape index (κ3) is 7.15. The molecule has 0 aliphatic rings. The average molecular weight is 454 g/mol. The molecule has 8 heteroatoms. The Morgan fingerprint density at radius 2 is 1.77 bits per heavy atom. The Bertz CT molecular complexity index is 1020. The Morgan fingerprint density at radius 3 is 2.37 bits per heavy atom. The number of allylic oxidation sites excluding steroid dienone is 1. The zero-order chi connectivity index (χ0) is 22.3. The van der Waals surface area contributed by atoms with Gasteiger partial charge in [-0.05, 0) is 54.7 Å². The number of rotatable bonds is 11. The highest BCUT2D eigenvalue weighted by Gasteiger charge is 2.20. The van der Waals surface area contributed by atoms with E-state index in [4.69, 9.17) is 16.7 Å². The fourth-order valence-corrected chi connectivity index (χ4v) is 4.06. The molecule has 0 aromatic heterocycles. The number of aliphatic carboxylic acids is 1. The van der Waals surface area contributed by atoms with Crippen LogP contribution in [0.2, 0.25) is 5.02 Å². The second-order valence-electron chi connectivity index (χ2n) is 7.14. The van der Waals surface area contributed by atoms with Crippen molar-refractivity contribution in [3.8, 4) is 0 Å². The number of halogens is 2. The van der Waals surface area contributed by atoms with E-state index in [0.29, 0.717) is 54.1 Å². The summed E-state index contributed by atoms with van der Waals surface area (Å²) in [6.45, 7) is 4.34. The van der Waals surface area contributed by atoms with E-state index in [9.17, 15) is 17.6 Å². The molecule has 2 aromatic carbocycles. The van der Waals surface area contributed by atoms with Gasteiger partial charge in [-0.1, -0.05) is 36.7 Å². The van der Waals surface area contributed by atoms with Gasteiger partial charge in [0.05, 0.1) is 10.6 Å². The van der Waals surface area contributed by atoms with Gasteiger partial charge in [-0.2, -0.15) is 0 Å². The van der Waals surface area contributed by atoms with Gasteiger partial charge >= 0.3 is 5.97 Å². The number of carboxylic acid groups (broad SMARTS) is 1. The summed E-state index contributed by atoms with van der Waals surface area (Å²) in [7, 11) is -3.69. The fraction of sp³-hybridized carbons (Fsp3) is 0.318. The molecule has 2 N–H and O–H groups in total. The quantitative estimate of drug-likeness (QED) is 0.436. The summed E-state index contributed by atoms with van der Waals surface area (Å²) in [6, 6.07) is 9.38. The average Bonchev–Trinajstić information content (AvgIpc) is 2.66. The number of anilines is 1. The van der Waals surface area contributed by atoms with Crippen molar-refractivity contribution in [2.24, 2.45) is 0 Å². The largest absolute Gasteiger partial charge is 0.481 e. The Balaban J connectivity index is 2.26. The first-order chi connectivity index (χ1) is 14.1. The highest BCUT2D eigenvalue weighted by molar-refractivity contribution is 7.90. The molecular formula is C22H25ClFNO4S. The topological polar surface area (TPSA) is 83.5 Å². The minimum absolute atomic E-state index is 0.0958. The van der Waals surface area contributed by atoms with Crippen LogP contribution in [-0.4, -0.2) is 25.7 Å². The first kappa shape index (κ1) is 23.9. The van der Waals surface area contributed by atoms with Gasteiger partial charge in [-0.25, -0.2) is 12.8 Å². The molecule has 0 radical (unpaired) electrons. The predicted molar refractivity (Wildman–Crippen MR) is 118 cm³/mol. The first-order valence-electron chi connectivity index (χ1n) is 9.50. The van der Waals surface area contributed by atoms with Gasteiger partial charge in [0.25, 0.3) is 0 Å². The van der Waals surface area contributed by atoms with Gasteiger partial charge in [-0.3, -0.25) is 4.79 Å². The summed E-state index contributed by atoms with van der Waals surface area (Å²) in [6.07, 6.45) is 3.54. The monoisotopic (exact) mass is 453 g/mol. The van der Waals surface area contributed by atoms with Gasteiger partial charge in [-0.15, -0.1) is 0 Å². The maximum Gasteiger partial charge on any atom is 0.303 e. The highest BCUT2D eigenvalue weighted by atomic mass is 35.5. The summed E-state index contributed by atoms with van der Waals surface area (Å²) in [5.41, 5.74) is 2.19. The molecule has 0 spiro atoms. The van der Waals surface area contributed by atoms with Crippen molar-refractivity contribution < 1.29 is 22.7 Å². The number of hydrogen-bond acceptors (Lipinski definition) is 4. The number of unbranched alkanes of at least 4 members (excludes halogenated alkanes) is 2. The maximum absolute atomic E-state index is 14.2. The minimum Gasteiger partial charge on any atom is -0.481 e. The summed E-state index contributed by atoms with van der Waals surface area (Å²) < 4.78 is 38.8. The molecule has 0 bridgehead atoms. The van der Waals surface area contributed by atoms with Gasteiger partial charge in [0.1, 0.15) is 5.82 Å². The zero-order valence-electron chi connectivity index (χ0n) is 16.7. The van der Waals surface area contributed by atoms with Crippen LogP contribution in [0.3, 0.4) is 0 Å². The SMILES string of the molecule is C=C(CCCCCC(=O)O)c1cc(F)cc(S(C)(=O)=O)c1NCc1ccc(Cl)cc1. The second-order valence-corrected chi connectivity index (χ2v) is 9.56. The lowest BCUT2D eigenvalue weighted by molar-refractivity contribution is -0.137. The van der Waals surface area contributed by atoms with E-state index in [-0.39, 0.29) is 11.3 Å². The van der Waals surface area contributed by atoms with Crippen LogP contribution in [0, 0.1) is 5.82 Å². The van der Waals surface area contributed by atoms with E-state index in [2.05, 4.69) is 11.9 Å². The van der Waals surface area contributed by atoms with E-state index in [1.54, 1.807) is 12.1 Å². The lowest BCUT2D eigenvalue weighted by Crippen LogP contribution is -2.10. The summed E-state index contributed by atoms with van der Waals surface area (Å²) in [5.74, 6) is -1.50. The summed E-state index contributed by atoms with van der Waals surface area (Å²) in [4.78, 5) is 10.5. The minimum atomic E-state index is -3.69. The van der Waals surface area contributed by atoms with Crippen LogP contribution in [0.4, 0.5) is 10.1 Å². The Morgan fingerprint density at radius 1 is 1.13 bits per heavy atom. The van der Waals surface area contributed by atoms with Crippen molar-refractivity contribution in [3.63, 3.8) is 0 Å². The van der Waals surface area contributed by atoms with Crippen LogP contribution in [-0.2, 0) is 21.2 Å². The molecule has 0 fully saturated rings. The van der Waals surface area contributed by atoms with Crippen LogP contribution < -0.4 is 5.32 Å². The standard InChI is InChI=1S/C22H25ClFNO4S/c1-15(6-4-3-5-7-21(26)27)19-12-18(24)13-20(30(2,28)29)22(19)25-14-16-8-10-17(23)11-9-16/h8-13,25H,1,3-7,14H2,2H3,(H,26,27). The third-order valence-electron chi connectivity index (χ3n) is 4.60. The molecule has 0 heterocycles. The fourth-order valence-electron chi connectivity index (χ4n) is 3.05. The maximum atomic E-state index is 14.2. The number of benzene rings is 2. The molecule has 0 aliphatic carbocycles. The van der Waals surface area contributed by atoms with Crippen molar-refractivity contribution >= 4 is 38.7 Å². The molecule has 0 unspecified atom stereocenters. The van der Waals surface area contributed by atoms with E-state index in [1.165, 1.54) is 6.07 Å². The van der Waals surface area contributed by atoms with Crippen molar-refractivity contribution in [1.29, 1.82) is 0 Å². The number of hydrogen-bond donors (Lipinski definition) is 2. The van der Waals surface area contributed by atoms with E-state index >= 15 is 0 Å². The molecule has 2 aromatic rings. The second kappa shape index (κ2) is 10.6. The first-order valence-corrected chi connectivity index (χ1v) is 11.8. The van der Waals surface area contributed by atoms with Crippen molar-refractivity contribution in [1.82, 2.24) is 0 Å². The third-order valence-corrected chi connectivity index (χ3v) is 5.97.